The van der Waals surface area contributed by atoms with Gasteiger partial charge in [-0.25, -0.2) is 8.42 Å². The Morgan fingerprint density at radius 2 is 1.90 bits per heavy atom. The molecule has 1 amide bonds. The lowest BCUT2D eigenvalue weighted by molar-refractivity contribution is 0.0928. The molecule has 5 heteroatoms. The third kappa shape index (κ3) is 4.06. The maximum absolute atomic E-state index is 12.3. The fourth-order valence-electron chi connectivity index (χ4n) is 2.82. The molecule has 0 unspecified atom stereocenters. The average molecular weight is 309 g/mol. The monoisotopic (exact) mass is 309 g/mol. The maximum atomic E-state index is 12.3. The van der Waals surface area contributed by atoms with Crippen molar-refractivity contribution in [2.75, 3.05) is 6.26 Å². The van der Waals surface area contributed by atoms with Crippen molar-refractivity contribution in [2.45, 2.75) is 50.8 Å². The summed E-state index contributed by atoms with van der Waals surface area (Å²) in [4.78, 5) is 12.3. The lowest BCUT2D eigenvalue weighted by Gasteiger charge is -2.28. The Labute approximate surface area is 126 Å². The molecule has 0 saturated heterocycles. The van der Waals surface area contributed by atoms with Gasteiger partial charge in [-0.15, -0.1) is 0 Å². The van der Waals surface area contributed by atoms with Gasteiger partial charge in [0.25, 0.3) is 5.91 Å². The van der Waals surface area contributed by atoms with Gasteiger partial charge in [0.15, 0.2) is 0 Å². The molecule has 2 rings (SSSR count). The van der Waals surface area contributed by atoms with Crippen LogP contribution in [0.25, 0.3) is 0 Å². The summed E-state index contributed by atoms with van der Waals surface area (Å²) < 4.78 is 23.3. The summed E-state index contributed by atoms with van der Waals surface area (Å²) in [5.41, 5.74) is 2.88. The average Bonchev–Trinajstić information content (AvgIpc) is 2.41. The molecule has 2 atom stereocenters. The number of hydrogen-bond acceptors (Lipinski definition) is 3. The molecule has 4 nitrogen and oxygen atoms in total. The molecule has 0 bridgehead atoms. The second-order valence-electron chi connectivity index (χ2n) is 6.09. The predicted molar refractivity (Wildman–Crippen MR) is 84.3 cm³/mol. The number of sulfone groups is 1. The predicted octanol–water partition coefficient (Wildman–Crippen LogP) is 2.39. The summed E-state index contributed by atoms with van der Waals surface area (Å²) in [5, 5.41) is 2.66. The molecule has 1 aliphatic carbocycles. The van der Waals surface area contributed by atoms with Crippen LogP contribution in [0.2, 0.25) is 0 Å². The van der Waals surface area contributed by atoms with E-state index >= 15 is 0 Å². The Kier molecular flexibility index (Phi) is 4.71. The van der Waals surface area contributed by atoms with Crippen LogP contribution in [-0.4, -0.2) is 31.9 Å². The minimum atomic E-state index is -3.02. The topological polar surface area (TPSA) is 63.2 Å². The third-order valence-electron chi connectivity index (χ3n) is 4.34. The van der Waals surface area contributed by atoms with Crippen molar-refractivity contribution in [2.24, 2.45) is 0 Å². The van der Waals surface area contributed by atoms with Crippen LogP contribution in [0.3, 0.4) is 0 Å². The smallest absolute Gasteiger partial charge is 0.251 e. The number of amides is 1. The first-order chi connectivity index (χ1) is 9.77. The highest BCUT2D eigenvalue weighted by Gasteiger charge is 2.29. The van der Waals surface area contributed by atoms with E-state index in [-0.39, 0.29) is 17.2 Å². The molecule has 0 aliphatic heterocycles. The molecule has 1 aromatic carbocycles. The number of carbonyl (C=O) groups is 1. The zero-order chi connectivity index (χ0) is 15.6. The van der Waals surface area contributed by atoms with E-state index in [0.717, 1.165) is 24.0 Å². The first kappa shape index (κ1) is 16.0. The van der Waals surface area contributed by atoms with Gasteiger partial charge >= 0.3 is 0 Å². The van der Waals surface area contributed by atoms with Gasteiger partial charge in [-0.1, -0.05) is 12.5 Å². The van der Waals surface area contributed by atoms with E-state index in [4.69, 9.17) is 0 Å². The second kappa shape index (κ2) is 6.18. The number of nitrogens with one attached hydrogen (secondary N) is 1. The lowest BCUT2D eigenvalue weighted by Crippen LogP contribution is -2.41. The van der Waals surface area contributed by atoms with Crippen molar-refractivity contribution in [1.82, 2.24) is 5.32 Å². The van der Waals surface area contributed by atoms with Gasteiger partial charge in [-0.05, 0) is 56.4 Å². The van der Waals surface area contributed by atoms with E-state index in [1.807, 2.05) is 32.0 Å². The summed E-state index contributed by atoms with van der Waals surface area (Å²) in [6.45, 7) is 3.99. The summed E-state index contributed by atoms with van der Waals surface area (Å²) in [7, 11) is -3.02. The number of aryl methyl sites for hydroxylation is 2. The standard InChI is InChI=1S/C16H23NO3S/c1-11-7-8-13(9-12(11)2)16(18)17-14-5-4-6-15(10-14)21(3,19)20/h7-9,14-15H,4-6,10H2,1-3H3,(H,17,18)/t14-,15-/m1/s1. The molecule has 0 radical (unpaired) electrons. The molecule has 0 aromatic heterocycles. The zero-order valence-electron chi connectivity index (χ0n) is 12.8. The minimum absolute atomic E-state index is 0.0485. The zero-order valence-corrected chi connectivity index (χ0v) is 13.7. The third-order valence-corrected chi connectivity index (χ3v) is 5.98. The van der Waals surface area contributed by atoms with Crippen molar-refractivity contribution < 1.29 is 13.2 Å². The van der Waals surface area contributed by atoms with E-state index in [1.54, 1.807) is 0 Å². The molecule has 1 N–H and O–H groups in total. The molecular weight excluding hydrogens is 286 g/mol. The number of benzene rings is 1. The number of carbonyl (C=O) groups excluding carboxylic acids is 1. The van der Waals surface area contributed by atoms with E-state index in [2.05, 4.69) is 5.32 Å². The molecule has 0 heterocycles. The molecule has 0 spiro atoms. The van der Waals surface area contributed by atoms with Gasteiger partial charge < -0.3 is 5.32 Å². The first-order valence-corrected chi connectivity index (χ1v) is 9.30. The van der Waals surface area contributed by atoms with Crippen molar-refractivity contribution in [1.29, 1.82) is 0 Å². The van der Waals surface area contributed by atoms with Gasteiger partial charge in [0.05, 0.1) is 5.25 Å². The highest BCUT2D eigenvalue weighted by Crippen LogP contribution is 2.24. The molecular formula is C16H23NO3S. The molecule has 1 aromatic rings. The Hall–Kier alpha value is -1.36. The number of hydrogen-bond donors (Lipinski definition) is 1. The van der Waals surface area contributed by atoms with Gasteiger partial charge in [-0.3, -0.25) is 4.79 Å². The highest BCUT2D eigenvalue weighted by molar-refractivity contribution is 7.91. The second-order valence-corrected chi connectivity index (χ2v) is 8.41. The van der Waals surface area contributed by atoms with Crippen LogP contribution >= 0.6 is 0 Å². The fraction of sp³-hybridized carbons (Fsp3) is 0.562. The largest absolute Gasteiger partial charge is 0.349 e. The molecule has 1 fully saturated rings. The van der Waals surface area contributed by atoms with E-state index in [1.165, 1.54) is 6.26 Å². The number of rotatable bonds is 3. The highest BCUT2D eigenvalue weighted by atomic mass is 32.2. The summed E-state index contributed by atoms with van der Waals surface area (Å²) in [5.74, 6) is -0.114. The molecule has 1 aliphatic rings. The summed E-state index contributed by atoms with van der Waals surface area (Å²) in [6, 6.07) is 5.58. The van der Waals surface area contributed by atoms with Crippen molar-refractivity contribution in [3.8, 4) is 0 Å². The van der Waals surface area contributed by atoms with Gasteiger partial charge in [0.2, 0.25) is 0 Å². The van der Waals surface area contributed by atoms with Crippen LogP contribution in [0.5, 0.6) is 0 Å². The van der Waals surface area contributed by atoms with Crippen LogP contribution < -0.4 is 5.32 Å². The Morgan fingerprint density at radius 3 is 2.52 bits per heavy atom. The van der Waals surface area contributed by atoms with Crippen LogP contribution in [0.1, 0.15) is 47.2 Å². The van der Waals surface area contributed by atoms with E-state index in [9.17, 15) is 13.2 Å². The van der Waals surface area contributed by atoms with Crippen molar-refractivity contribution in [3.05, 3.63) is 34.9 Å². The quantitative estimate of drug-likeness (QED) is 0.932. The van der Waals surface area contributed by atoms with E-state index in [0.29, 0.717) is 18.4 Å². The van der Waals surface area contributed by atoms with E-state index < -0.39 is 9.84 Å². The Balaban J connectivity index is 2.03. The Bertz CT molecular complexity index is 637. The summed E-state index contributed by atoms with van der Waals surface area (Å²) >= 11 is 0. The van der Waals surface area contributed by atoms with Crippen molar-refractivity contribution in [3.63, 3.8) is 0 Å². The minimum Gasteiger partial charge on any atom is -0.349 e. The fourth-order valence-corrected chi connectivity index (χ4v) is 3.99. The lowest BCUT2D eigenvalue weighted by atomic mass is 9.94. The maximum Gasteiger partial charge on any atom is 0.251 e. The normalized spacial score (nSPS) is 22.8. The van der Waals surface area contributed by atoms with Gasteiger partial charge in [-0.2, -0.15) is 0 Å². The van der Waals surface area contributed by atoms with Crippen LogP contribution in [0.4, 0.5) is 0 Å². The van der Waals surface area contributed by atoms with Gasteiger partial charge in [0, 0.05) is 17.9 Å². The Morgan fingerprint density at radius 1 is 1.19 bits per heavy atom. The molecule has 116 valence electrons. The summed E-state index contributed by atoms with van der Waals surface area (Å²) in [6.07, 6.45) is 4.20. The van der Waals surface area contributed by atoms with Crippen LogP contribution in [0.15, 0.2) is 18.2 Å². The van der Waals surface area contributed by atoms with Crippen LogP contribution in [0, 0.1) is 13.8 Å². The first-order valence-electron chi connectivity index (χ1n) is 7.34. The molecule has 1 saturated carbocycles. The van der Waals surface area contributed by atoms with Crippen LogP contribution in [-0.2, 0) is 9.84 Å². The van der Waals surface area contributed by atoms with Gasteiger partial charge in [0.1, 0.15) is 9.84 Å². The van der Waals surface area contributed by atoms with Crippen molar-refractivity contribution >= 4 is 15.7 Å². The SMILES string of the molecule is Cc1ccc(C(=O)N[C@@H]2CCC[C@@H](S(C)(=O)=O)C2)cc1C. The molecule has 21 heavy (non-hydrogen) atoms.